The van der Waals surface area contributed by atoms with Crippen LogP contribution in [0.15, 0.2) is 18.2 Å². The Kier molecular flexibility index (Phi) is 3.82. The van der Waals surface area contributed by atoms with Crippen LogP contribution in [0.5, 0.6) is 5.75 Å². The Bertz CT molecular complexity index is 566. The molecular weight excluding hydrogens is 286 g/mol. The molecule has 0 radical (unpaired) electrons. The van der Waals surface area contributed by atoms with E-state index in [9.17, 15) is 8.42 Å². The lowest BCUT2D eigenvalue weighted by Crippen LogP contribution is -2.45. The standard InChI is InChI=1S/C13H18ClNO3S/c1-13(2,15)6-9-3-4-12(11(14)5-9)18-10-7-19(16,17)8-10/h3-5,10H,6-8,15H2,1-2H3. The molecule has 1 aromatic carbocycles. The predicted octanol–water partition coefficient (Wildman–Crippen LogP) is 1.80. The van der Waals surface area contributed by atoms with Crippen LogP contribution in [-0.2, 0) is 16.3 Å². The summed E-state index contributed by atoms with van der Waals surface area (Å²) in [6.07, 6.45) is 0.435. The normalized spacial score (nSPS) is 18.9. The monoisotopic (exact) mass is 303 g/mol. The summed E-state index contributed by atoms with van der Waals surface area (Å²) in [5, 5.41) is 0.492. The summed E-state index contributed by atoms with van der Waals surface area (Å²) in [4.78, 5) is 0. The smallest absolute Gasteiger partial charge is 0.157 e. The van der Waals surface area contributed by atoms with E-state index in [-0.39, 0.29) is 23.1 Å². The molecule has 0 amide bonds. The van der Waals surface area contributed by atoms with Crippen molar-refractivity contribution >= 4 is 21.4 Å². The quantitative estimate of drug-likeness (QED) is 0.921. The molecule has 0 spiro atoms. The van der Waals surface area contributed by atoms with Crippen LogP contribution in [0, 0.1) is 0 Å². The van der Waals surface area contributed by atoms with Gasteiger partial charge >= 0.3 is 0 Å². The predicted molar refractivity (Wildman–Crippen MR) is 76.5 cm³/mol. The first-order valence-electron chi connectivity index (χ1n) is 6.09. The van der Waals surface area contributed by atoms with Crippen LogP contribution in [0.3, 0.4) is 0 Å². The molecule has 0 aliphatic carbocycles. The summed E-state index contributed by atoms with van der Waals surface area (Å²) >= 11 is 6.14. The number of ether oxygens (including phenoxy) is 1. The third-order valence-corrected chi connectivity index (χ3v) is 4.88. The zero-order chi connectivity index (χ0) is 14.3. The first-order chi connectivity index (χ1) is 8.65. The number of hydrogen-bond acceptors (Lipinski definition) is 4. The van der Waals surface area contributed by atoms with E-state index in [0.717, 1.165) is 5.56 Å². The van der Waals surface area contributed by atoms with Gasteiger partial charge in [-0.25, -0.2) is 8.42 Å². The highest BCUT2D eigenvalue weighted by atomic mass is 35.5. The summed E-state index contributed by atoms with van der Waals surface area (Å²) in [6.45, 7) is 3.90. The molecule has 1 fully saturated rings. The third-order valence-electron chi connectivity index (χ3n) is 2.83. The van der Waals surface area contributed by atoms with Crippen molar-refractivity contribution < 1.29 is 13.2 Å². The third kappa shape index (κ3) is 4.09. The molecule has 0 unspecified atom stereocenters. The van der Waals surface area contributed by atoms with Gasteiger partial charge in [-0.15, -0.1) is 0 Å². The average molecular weight is 304 g/mol. The van der Waals surface area contributed by atoms with Crippen LogP contribution in [0.1, 0.15) is 19.4 Å². The van der Waals surface area contributed by atoms with Crippen molar-refractivity contribution in [3.8, 4) is 5.75 Å². The Balaban J connectivity index is 2.04. The average Bonchev–Trinajstić information content (AvgIpc) is 2.16. The van der Waals surface area contributed by atoms with E-state index in [1.165, 1.54) is 0 Å². The second-order valence-electron chi connectivity index (χ2n) is 5.75. The molecule has 1 heterocycles. The Labute approximate surface area is 118 Å². The largest absolute Gasteiger partial charge is 0.487 e. The molecule has 0 aromatic heterocycles. The fourth-order valence-corrected chi connectivity index (χ4v) is 3.46. The lowest BCUT2D eigenvalue weighted by atomic mass is 9.96. The summed E-state index contributed by atoms with van der Waals surface area (Å²) in [6, 6.07) is 5.50. The number of hydrogen-bond donors (Lipinski definition) is 1. The van der Waals surface area contributed by atoms with Crippen molar-refractivity contribution in [3.63, 3.8) is 0 Å². The van der Waals surface area contributed by atoms with Gasteiger partial charge in [0.2, 0.25) is 0 Å². The molecule has 4 nitrogen and oxygen atoms in total. The van der Waals surface area contributed by atoms with Crippen LogP contribution in [0.25, 0.3) is 0 Å². The topological polar surface area (TPSA) is 69.4 Å². The molecule has 2 rings (SSSR count). The first-order valence-corrected chi connectivity index (χ1v) is 8.29. The zero-order valence-electron chi connectivity index (χ0n) is 11.0. The van der Waals surface area contributed by atoms with Gasteiger partial charge in [0.15, 0.2) is 9.84 Å². The Hall–Kier alpha value is -0.780. The van der Waals surface area contributed by atoms with Gasteiger partial charge in [-0.2, -0.15) is 0 Å². The van der Waals surface area contributed by atoms with Crippen LogP contribution >= 0.6 is 11.6 Å². The Morgan fingerprint density at radius 3 is 2.53 bits per heavy atom. The van der Waals surface area contributed by atoms with Gasteiger partial charge in [-0.1, -0.05) is 17.7 Å². The van der Waals surface area contributed by atoms with Crippen LogP contribution in [-0.4, -0.2) is 31.6 Å². The van der Waals surface area contributed by atoms with Gasteiger partial charge in [0.05, 0.1) is 16.5 Å². The maximum absolute atomic E-state index is 11.1. The fraction of sp³-hybridized carbons (Fsp3) is 0.538. The molecule has 19 heavy (non-hydrogen) atoms. The number of rotatable bonds is 4. The summed E-state index contributed by atoms with van der Waals surface area (Å²) in [5.74, 6) is 0.669. The fourth-order valence-electron chi connectivity index (χ4n) is 2.04. The van der Waals surface area contributed by atoms with Gasteiger partial charge in [0.25, 0.3) is 0 Å². The molecule has 0 saturated carbocycles. The van der Waals surface area contributed by atoms with Gasteiger partial charge in [-0.3, -0.25) is 0 Å². The second-order valence-corrected chi connectivity index (χ2v) is 8.31. The highest BCUT2D eigenvalue weighted by molar-refractivity contribution is 7.92. The van der Waals surface area contributed by atoms with Crippen molar-refractivity contribution in [2.45, 2.75) is 31.9 Å². The molecule has 6 heteroatoms. The molecule has 1 aromatic rings. The van der Waals surface area contributed by atoms with Crippen molar-refractivity contribution in [2.75, 3.05) is 11.5 Å². The number of halogens is 1. The van der Waals surface area contributed by atoms with Crippen molar-refractivity contribution in [2.24, 2.45) is 5.73 Å². The molecule has 2 N–H and O–H groups in total. The van der Waals surface area contributed by atoms with Crippen molar-refractivity contribution in [1.29, 1.82) is 0 Å². The minimum atomic E-state index is -2.88. The Morgan fingerprint density at radius 1 is 1.42 bits per heavy atom. The van der Waals surface area contributed by atoms with E-state index in [2.05, 4.69) is 0 Å². The minimum Gasteiger partial charge on any atom is -0.487 e. The summed E-state index contributed by atoms with van der Waals surface area (Å²) < 4.78 is 27.7. The van der Waals surface area contributed by atoms with Crippen molar-refractivity contribution in [3.05, 3.63) is 28.8 Å². The SMILES string of the molecule is CC(C)(N)Cc1ccc(OC2CS(=O)(=O)C2)c(Cl)c1. The molecule has 1 aliphatic rings. The van der Waals surface area contributed by atoms with Gasteiger partial charge in [0.1, 0.15) is 11.9 Å². The van der Waals surface area contributed by atoms with E-state index < -0.39 is 9.84 Å². The van der Waals surface area contributed by atoms with Gasteiger partial charge in [0, 0.05) is 5.54 Å². The van der Waals surface area contributed by atoms with E-state index in [4.69, 9.17) is 22.1 Å². The van der Waals surface area contributed by atoms with E-state index in [1.807, 2.05) is 26.0 Å². The highest BCUT2D eigenvalue weighted by Gasteiger charge is 2.35. The Morgan fingerprint density at radius 2 is 2.05 bits per heavy atom. The maximum Gasteiger partial charge on any atom is 0.157 e. The summed E-state index contributed by atoms with van der Waals surface area (Å²) in [5.41, 5.74) is 6.69. The van der Waals surface area contributed by atoms with Gasteiger partial charge in [-0.05, 0) is 38.0 Å². The molecular formula is C13H18ClNO3S. The summed E-state index contributed by atoms with van der Waals surface area (Å²) in [7, 11) is -2.88. The molecule has 0 atom stereocenters. The van der Waals surface area contributed by atoms with Crippen LogP contribution in [0.4, 0.5) is 0 Å². The maximum atomic E-state index is 11.1. The molecule has 106 valence electrons. The zero-order valence-corrected chi connectivity index (χ0v) is 12.6. The first kappa shape index (κ1) is 14.6. The van der Waals surface area contributed by atoms with Gasteiger partial charge < -0.3 is 10.5 Å². The van der Waals surface area contributed by atoms with E-state index >= 15 is 0 Å². The number of nitrogens with two attached hydrogens (primary N) is 1. The van der Waals surface area contributed by atoms with Crippen molar-refractivity contribution in [1.82, 2.24) is 0 Å². The lowest BCUT2D eigenvalue weighted by molar-refractivity contribution is 0.230. The molecule has 0 bridgehead atoms. The number of benzene rings is 1. The second kappa shape index (κ2) is 4.96. The molecule has 1 saturated heterocycles. The van der Waals surface area contributed by atoms with Crippen LogP contribution < -0.4 is 10.5 Å². The highest BCUT2D eigenvalue weighted by Crippen LogP contribution is 2.29. The van der Waals surface area contributed by atoms with E-state index in [1.54, 1.807) is 6.07 Å². The number of sulfone groups is 1. The molecule has 1 aliphatic heterocycles. The van der Waals surface area contributed by atoms with Crippen LogP contribution in [0.2, 0.25) is 5.02 Å². The van der Waals surface area contributed by atoms with E-state index in [0.29, 0.717) is 17.2 Å². The minimum absolute atomic E-state index is 0.0703. The lowest BCUT2D eigenvalue weighted by Gasteiger charge is -2.27.